The van der Waals surface area contributed by atoms with Crippen molar-refractivity contribution in [1.82, 2.24) is 15.1 Å². The second-order valence-electron chi connectivity index (χ2n) is 6.08. The van der Waals surface area contributed by atoms with E-state index in [0.29, 0.717) is 30.8 Å². The Kier molecular flexibility index (Phi) is 5.65. The fourth-order valence-corrected chi connectivity index (χ4v) is 2.74. The maximum atomic E-state index is 13.2. The fraction of sp³-hybridized carbons (Fsp3) is 0.150. The van der Waals surface area contributed by atoms with E-state index in [1.807, 2.05) is 6.07 Å². The minimum atomic E-state index is -0.479. The number of hydrogen-bond acceptors (Lipinski definition) is 4. The number of carbonyl (C=O) groups is 1. The largest absolute Gasteiger partial charge is 0.382 e. The van der Waals surface area contributed by atoms with Crippen LogP contribution in [0.1, 0.15) is 28.0 Å². The molecule has 0 spiro atoms. The van der Waals surface area contributed by atoms with Gasteiger partial charge in [-0.2, -0.15) is 10.4 Å². The Morgan fingerprint density at radius 1 is 1.18 bits per heavy atom. The van der Waals surface area contributed by atoms with Crippen LogP contribution in [0.4, 0.5) is 14.6 Å². The van der Waals surface area contributed by atoms with E-state index < -0.39 is 5.82 Å². The molecule has 0 radical (unpaired) electrons. The van der Waals surface area contributed by atoms with Gasteiger partial charge in [-0.05, 0) is 55.3 Å². The summed E-state index contributed by atoms with van der Waals surface area (Å²) in [6.07, 6.45) is 0.917. The summed E-state index contributed by atoms with van der Waals surface area (Å²) in [6, 6.07) is 13.1. The summed E-state index contributed by atoms with van der Waals surface area (Å²) in [6.45, 7) is 0.323. The summed E-state index contributed by atoms with van der Waals surface area (Å²) in [4.78, 5) is 12.0. The number of nitrogen functional groups attached to an aromatic ring is 1. The van der Waals surface area contributed by atoms with E-state index in [1.54, 1.807) is 0 Å². The van der Waals surface area contributed by atoms with Gasteiger partial charge in [-0.3, -0.25) is 4.79 Å². The molecule has 3 aromatic rings. The molecule has 3 rings (SSSR count). The van der Waals surface area contributed by atoms with Gasteiger partial charge >= 0.3 is 0 Å². The van der Waals surface area contributed by atoms with Crippen LogP contribution in [-0.4, -0.2) is 22.2 Å². The lowest BCUT2D eigenvalue weighted by molar-refractivity contribution is 0.0952. The number of nitrogens with one attached hydrogen (secondary N) is 1. The highest BCUT2D eigenvalue weighted by Crippen LogP contribution is 2.21. The van der Waals surface area contributed by atoms with Crippen molar-refractivity contribution in [3.63, 3.8) is 0 Å². The van der Waals surface area contributed by atoms with Crippen LogP contribution in [0.2, 0.25) is 0 Å². The molecule has 0 saturated heterocycles. The predicted molar refractivity (Wildman–Crippen MR) is 99.7 cm³/mol. The van der Waals surface area contributed by atoms with Gasteiger partial charge in [-0.15, -0.1) is 0 Å². The summed E-state index contributed by atoms with van der Waals surface area (Å²) in [5.41, 5.74) is 7.53. The molecule has 0 aliphatic carbocycles. The zero-order valence-corrected chi connectivity index (χ0v) is 14.8. The minimum Gasteiger partial charge on any atom is -0.382 e. The number of hydrogen-bond donors (Lipinski definition) is 2. The van der Waals surface area contributed by atoms with Crippen LogP contribution in [0.5, 0.6) is 0 Å². The Hall–Kier alpha value is -3.73. The van der Waals surface area contributed by atoms with Gasteiger partial charge in [0, 0.05) is 12.1 Å². The van der Waals surface area contributed by atoms with Crippen molar-refractivity contribution >= 4 is 11.7 Å². The summed E-state index contributed by atoms with van der Waals surface area (Å²) >= 11 is 0. The second kappa shape index (κ2) is 8.31. The van der Waals surface area contributed by atoms with Crippen molar-refractivity contribution in [3.05, 3.63) is 77.0 Å². The molecular formula is C20H17F2N5O. The Morgan fingerprint density at radius 3 is 2.61 bits per heavy atom. The van der Waals surface area contributed by atoms with Crippen LogP contribution < -0.4 is 11.1 Å². The molecule has 0 unspecified atom stereocenters. The molecule has 6 nitrogen and oxygen atoms in total. The third-order valence-electron chi connectivity index (χ3n) is 4.14. The van der Waals surface area contributed by atoms with E-state index in [0.717, 1.165) is 6.07 Å². The third kappa shape index (κ3) is 4.15. The van der Waals surface area contributed by atoms with Crippen LogP contribution in [0.3, 0.4) is 0 Å². The Balaban J connectivity index is 1.64. The number of halogens is 2. The molecule has 142 valence electrons. The summed E-state index contributed by atoms with van der Waals surface area (Å²) in [5.74, 6) is -1.07. The number of aryl methyl sites for hydroxylation is 1. The molecule has 8 heteroatoms. The maximum absolute atomic E-state index is 13.2. The van der Waals surface area contributed by atoms with Crippen molar-refractivity contribution in [2.75, 3.05) is 12.3 Å². The fourth-order valence-electron chi connectivity index (χ4n) is 2.74. The average molecular weight is 381 g/mol. The molecule has 3 N–H and O–H groups in total. The lowest BCUT2D eigenvalue weighted by atomic mass is 10.1. The van der Waals surface area contributed by atoms with Gasteiger partial charge in [0.2, 0.25) is 0 Å². The van der Waals surface area contributed by atoms with Gasteiger partial charge in [0.05, 0.1) is 11.4 Å². The van der Waals surface area contributed by atoms with Gasteiger partial charge in [0.1, 0.15) is 29.1 Å². The van der Waals surface area contributed by atoms with E-state index in [9.17, 15) is 18.8 Å². The number of benzene rings is 2. The van der Waals surface area contributed by atoms with Crippen LogP contribution >= 0.6 is 0 Å². The maximum Gasteiger partial charge on any atom is 0.251 e. The Bertz CT molecular complexity index is 1040. The quantitative estimate of drug-likeness (QED) is 0.642. The highest BCUT2D eigenvalue weighted by atomic mass is 19.1. The first-order valence-electron chi connectivity index (χ1n) is 8.57. The molecule has 0 fully saturated rings. The number of aromatic nitrogens is 2. The topological polar surface area (TPSA) is 96.7 Å². The first kappa shape index (κ1) is 19.0. The zero-order chi connectivity index (χ0) is 20.1. The minimum absolute atomic E-state index is 0.174. The number of nitriles is 1. The van der Waals surface area contributed by atoms with Crippen LogP contribution in [0.15, 0.2) is 48.5 Å². The smallest absolute Gasteiger partial charge is 0.251 e. The number of anilines is 1. The molecule has 0 atom stereocenters. The van der Waals surface area contributed by atoms with Crippen molar-refractivity contribution in [3.8, 4) is 11.8 Å². The lowest BCUT2D eigenvalue weighted by Crippen LogP contribution is -2.24. The second-order valence-corrected chi connectivity index (χ2v) is 6.08. The number of nitrogens with zero attached hydrogens (tertiary/aromatic N) is 3. The standard InChI is InChI=1S/C20H17F2N5O/c21-14-6-8-16(9-7-14)27-19(24)17(12-23)18(26-27)5-2-10-25-20(28)13-3-1-4-15(22)11-13/h1,3-4,6-9,11H,2,5,10,24H2,(H,25,28). The van der Waals surface area contributed by atoms with Crippen molar-refractivity contribution in [2.24, 2.45) is 0 Å². The Labute approximate surface area is 160 Å². The summed E-state index contributed by atoms with van der Waals surface area (Å²) in [7, 11) is 0. The number of amides is 1. The molecular weight excluding hydrogens is 364 g/mol. The van der Waals surface area contributed by atoms with Gasteiger partial charge in [-0.1, -0.05) is 6.07 Å². The van der Waals surface area contributed by atoms with Crippen molar-refractivity contribution in [2.45, 2.75) is 12.8 Å². The number of carbonyl (C=O) groups excluding carboxylic acids is 1. The van der Waals surface area contributed by atoms with Crippen LogP contribution in [0.25, 0.3) is 5.69 Å². The highest BCUT2D eigenvalue weighted by molar-refractivity contribution is 5.94. The molecule has 0 aliphatic rings. The first-order chi connectivity index (χ1) is 13.5. The molecule has 1 aromatic heterocycles. The van der Waals surface area contributed by atoms with E-state index in [2.05, 4.69) is 10.4 Å². The normalized spacial score (nSPS) is 10.5. The van der Waals surface area contributed by atoms with Crippen molar-refractivity contribution < 1.29 is 13.6 Å². The van der Waals surface area contributed by atoms with Gasteiger partial charge < -0.3 is 11.1 Å². The summed E-state index contributed by atoms with van der Waals surface area (Å²) in [5, 5.41) is 16.4. The first-order valence-corrected chi connectivity index (χ1v) is 8.57. The number of rotatable bonds is 6. The molecule has 1 heterocycles. The monoisotopic (exact) mass is 381 g/mol. The molecule has 2 aromatic carbocycles. The number of nitrogens with two attached hydrogens (primary N) is 1. The van der Waals surface area contributed by atoms with E-state index in [4.69, 9.17) is 5.73 Å². The molecule has 0 saturated carbocycles. The molecule has 28 heavy (non-hydrogen) atoms. The van der Waals surface area contributed by atoms with Gasteiger partial charge in [0.25, 0.3) is 5.91 Å². The lowest BCUT2D eigenvalue weighted by Gasteiger charge is -2.05. The van der Waals surface area contributed by atoms with E-state index in [-0.39, 0.29) is 28.7 Å². The van der Waals surface area contributed by atoms with Gasteiger partial charge in [-0.25, -0.2) is 13.5 Å². The van der Waals surface area contributed by atoms with Crippen LogP contribution in [0, 0.1) is 23.0 Å². The van der Waals surface area contributed by atoms with Crippen LogP contribution in [-0.2, 0) is 6.42 Å². The third-order valence-corrected chi connectivity index (χ3v) is 4.14. The van der Waals surface area contributed by atoms with E-state index >= 15 is 0 Å². The highest BCUT2D eigenvalue weighted by Gasteiger charge is 2.16. The predicted octanol–water partition coefficient (Wildman–Crippen LogP) is 2.97. The van der Waals surface area contributed by atoms with Gasteiger partial charge in [0.15, 0.2) is 0 Å². The molecule has 1 amide bonds. The van der Waals surface area contributed by atoms with E-state index in [1.165, 1.54) is 47.1 Å². The summed E-state index contributed by atoms with van der Waals surface area (Å²) < 4.78 is 27.7. The Morgan fingerprint density at radius 2 is 1.93 bits per heavy atom. The molecule has 0 bridgehead atoms. The molecule has 0 aliphatic heterocycles. The van der Waals surface area contributed by atoms with Crippen molar-refractivity contribution in [1.29, 1.82) is 5.26 Å². The zero-order valence-electron chi connectivity index (χ0n) is 14.8. The SMILES string of the molecule is N#Cc1c(CCCNC(=O)c2cccc(F)c2)nn(-c2ccc(F)cc2)c1N. The average Bonchev–Trinajstić information content (AvgIpc) is 3.01.